The summed E-state index contributed by atoms with van der Waals surface area (Å²) >= 11 is 0. The zero-order valence-electron chi connectivity index (χ0n) is 13.1. The minimum Gasteiger partial charge on any atom is -0.491 e. The second-order valence-corrected chi connectivity index (χ2v) is 5.05. The summed E-state index contributed by atoms with van der Waals surface area (Å²) in [4.78, 5) is 10.8. The summed E-state index contributed by atoms with van der Waals surface area (Å²) in [5.41, 5.74) is 2.41. The monoisotopic (exact) mass is 315 g/mol. The quantitative estimate of drug-likeness (QED) is 0.696. The molecule has 0 aromatic heterocycles. The van der Waals surface area contributed by atoms with Gasteiger partial charge in [-0.05, 0) is 23.8 Å². The van der Waals surface area contributed by atoms with Gasteiger partial charge in [0.2, 0.25) is 0 Å². The average molecular weight is 315 g/mol. The lowest BCUT2D eigenvalue weighted by atomic mass is 10.1. The van der Waals surface area contributed by atoms with Gasteiger partial charge in [-0.15, -0.1) is 0 Å². The molecule has 0 saturated heterocycles. The molecule has 0 saturated carbocycles. The lowest BCUT2D eigenvalue weighted by Crippen LogP contribution is -2.14. The van der Waals surface area contributed by atoms with Crippen LogP contribution in [-0.4, -0.2) is 31.4 Å². The molecule has 5 heteroatoms. The van der Waals surface area contributed by atoms with Crippen molar-refractivity contribution in [3.8, 4) is 5.75 Å². The maximum Gasteiger partial charge on any atom is 0.335 e. The molecule has 2 rings (SSSR count). The predicted octanol–water partition coefficient (Wildman–Crippen LogP) is 2.70. The van der Waals surface area contributed by atoms with Crippen LogP contribution in [0.25, 0.3) is 0 Å². The smallest absolute Gasteiger partial charge is 0.335 e. The van der Waals surface area contributed by atoms with Crippen LogP contribution in [0.4, 0.5) is 0 Å². The second kappa shape index (κ2) is 8.92. The van der Waals surface area contributed by atoms with Gasteiger partial charge >= 0.3 is 5.97 Å². The number of carboxylic acid groups (broad SMARTS) is 1. The summed E-state index contributed by atoms with van der Waals surface area (Å²) in [7, 11) is 1.65. The first-order chi connectivity index (χ1) is 11.2. The fraction of sp³-hybridized carbons (Fsp3) is 0.278. The van der Waals surface area contributed by atoms with E-state index < -0.39 is 5.97 Å². The summed E-state index contributed by atoms with van der Waals surface area (Å²) in [6, 6.07) is 14.7. The van der Waals surface area contributed by atoms with Crippen LogP contribution in [-0.2, 0) is 17.8 Å². The third-order valence-electron chi connectivity index (χ3n) is 3.36. The number of carbonyl (C=O) groups is 1. The van der Waals surface area contributed by atoms with Gasteiger partial charge in [0.15, 0.2) is 0 Å². The highest BCUT2D eigenvalue weighted by Gasteiger charge is 2.04. The largest absolute Gasteiger partial charge is 0.491 e. The predicted molar refractivity (Wildman–Crippen MR) is 87.8 cm³/mol. The molecule has 0 atom stereocenters. The van der Waals surface area contributed by atoms with E-state index >= 15 is 0 Å². The van der Waals surface area contributed by atoms with E-state index in [0.717, 1.165) is 16.9 Å². The van der Waals surface area contributed by atoms with Crippen LogP contribution < -0.4 is 10.1 Å². The topological polar surface area (TPSA) is 67.8 Å². The van der Waals surface area contributed by atoms with E-state index in [0.29, 0.717) is 31.9 Å². The molecule has 0 aliphatic rings. The fourth-order valence-corrected chi connectivity index (χ4v) is 2.13. The fourth-order valence-electron chi connectivity index (χ4n) is 2.13. The van der Waals surface area contributed by atoms with Crippen LogP contribution in [0.2, 0.25) is 0 Å². The number of benzene rings is 2. The van der Waals surface area contributed by atoms with Gasteiger partial charge in [0.1, 0.15) is 12.4 Å². The molecule has 0 spiro atoms. The molecule has 0 bridgehead atoms. The van der Waals surface area contributed by atoms with Crippen molar-refractivity contribution in [2.24, 2.45) is 0 Å². The molecule has 0 fully saturated rings. The molecule has 0 unspecified atom stereocenters. The Hall–Kier alpha value is -2.37. The van der Waals surface area contributed by atoms with Crippen LogP contribution >= 0.6 is 0 Å². The van der Waals surface area contributed by atoms with E-state index in [1.807, 2.05) is 36.4 Å². The second-order valence-electron chi connectivity index (χ2n) is 5.05. The third kappa shape index (κ3) is 5.39. The Labute approximate surface area is 135 Å². The third-order valence-corrected chi connectivity index (χ3v) is 3.36. The lowest BCUT2D eigenvalue weighted by molar-refractivity contribution is 0.0697. The first kappa shape index (κ1) is 17.0. The SMILES string of the molecule is COCCOc1ccccc1CNCc1ccc(C(=O)O)cc1. The van der Waals surface area contributed by atoms with Gasteiger partial charge in [-0.1, -0.05) is 30.3 Å². The number of carboxylic acids is 1. The van der Waals surface area contributed by atoms with E-state index in [1.54, 1.807) is 19.2 Å². The zero-order chi connectivity index (χ0) is 16.5. The Balaban J connectivity index is 1.87. The van der Waals surface area contributed by atoms with E-state index in [4.69, 9.17) is 14.6 Å². The first-order valence-corrected chi connectivity index (χ1v) is 7.43. The maximum atomic E-state index is 10.8. The van der Waals surface area contributed by atoms with Crippen molar-refractivity contribution < 1.29 is 19.4 Å². The van der Waals surface area contributed by atoms with Crippen LogP contribution in [0, 0.1) is 0 Å². The number of rotatable bonds is 9. The van der Waals surface area contributed by atoms with Crippen LogP contribution in [0.15, 0.2) is 48.5 Å². The maximum absolute atomic E-state index is 10.8. The van der Waals surface area contributed by atoms with Crippen molar-refractivity contribution in [2.45, 2.75) is 13.1 Å². The molecular formula is C18H21NO4. The van der Waals surface area contributed by atoms with E-state index in [1.165, 1.54) is 0 Å². The molecule has 0 heterocycles. The molecule has 0 radical (unpaired) electrons. The number of ether oxygens (including phenoxy) is 2. The van der Waals surface area contributed by atoms with Crippen LogP contribution in [0.3, 0.4) is 0 Å². The molecule has 0 aliphatic heterocycles. The van der Waals surface area contributed by atoms with Gasteiger partial charge in [-0.3, -0.25) is 0 Å². The van der Waals surface area contributed by atoms with Crippen molar-refractivity contribution in [1.82, 2.24) is 5.32 Å². The van der Waals surface area contributed by atoms with Gasteiger partial charge in [-0.25, -0.2) is 4.79 Å². The Morgan fingerprint density at radius 3 is 2.48 bits per heavy atom. The summed E-state index contributed by atoms with van der Waals surface area (Å²) in [6.07, 6.45) is 0. The highest BCUT2D eigenvalue weighted by Crippen LogP contribution is 2.17. The van der Waals surface area contributed by atoms with Crippen LogP contribution in [0.1, 0.15) is 21.5 Å². The molecule has 5 nitrogen and oxygen atoms in total. The molecule has 0 amide bonds. The molecule has 2 aromatic carbocycles. The molecule has 2 aromatic rings. The number of hydrogen-bond donors (Lipinski definition) is 2. The molecular weight excluding hydrogens is 294 g/mol. The lowest BCUT2D eigenvalue weighted by Gasteiger charge is -2.12. The molecule has 0 aliphatic carbocycles. The Morgan fingerprint density at radius 2 is 1.78 bits per heavy atom. The average Bonchev–Trinajstić information content (AvgIpc) is 2.57. The van der Waals surface area contributed by atoms with Crippen LogP contribution in [0.5, 0.6) is 5.75 Å². The standard InChI is InChI=1S/C18H21NO4/c1-22-10-11-23-17-5-3-2-4-16(17)13-19-12-14-6-8-15(9-7-14)18(20)21/h2-9,19H,10-13H2,1H3,(H,20,21). The Kier molecular flexibility index (Phi) is 6.59. The number of para-hydroxylation sites is 1. The number of hydrogen-bond acceptors (Lipinski definition) is 4. The molecule has 23 heavy (non-hydrogen) atoms. The van der Waals surface area contributed by atoms with Gasteiger partial charge in [0, 0.05) is 25.8 Å². The van der Waals surface area contributed by atoms with Crippen molar-refractivity contribution in [2.75, 3.05) is 20.3 Å². The van der Waals surface area contributed by atoms with Crippen molar-refractivity contribution in [3.05, 3.63) is 65.2 Å². The summed E-state index contributed by atoms with van der Waals surface area (Å²) in [6.45, 7) is 2.40. The Bertz CT molecular complexity index is 625. The minimum absolute atomic E-state index is 0.297. The van der Waals surface area contributed by atoms with Crippen molar-refractivity contribution >= 4 is 5.97 Å². The first-order valence-electron chi connectivity index (χ1n) is 7.43. The highest BCUT2D eigenvalue weighted by molar-refractivity contribution is 5.87. The summed E-state index contributed by atoms with van der Waals surface area (Å²) in [5, 5.41) is 12.2. The highest BCUT2D eigenvalue weighted by atomic mass is 16.5. The van der Waals surface area contributed by atoms with E-state index in [2.05, 4.69) is 5.32 Å². The van der Waals surface area contributed by atoms with E-state index in [9.17, 15) is 4.79 Å². The van der Waals surface area contributed by atoms with E-state index in [-0.39, 0.29) is 0 Å². The summed E-state index contributed by atoms with van der Waals surface area (Å²) in [5.74, 6) is -0.0649. The number of methoxy groups -OCH3 is 1. The normalized spacial score (nSPS) is 10.5. The van der Waals surface area contributed by atoms with Crippen molar-refractivity contribution in [1.29, 1.82) is 0 Å². The molecule has 122 valence electrons. The summed E-state index contributed by atoms with van der Waals surface area (Å²) < 4.78 is 10.7. The van der Waals surface area contributed by atoms with Crippen molar-refractivity contribution in [3.63, 3.8) is 0 Å². The van der Waals surface area contributed by atoms with Gasteiger partial charge in [-0.2, -0.15) is 0 Å². The number of aromatic carboxylic acids is 1. The minimum atomic E-state index is -0.911. The number of nitrogens with one attached hydrogen (secondary N) is 1. The Morgan fingerprint density at radius 1 is 1.04 bits per heavy atom. The van der Waals surface area contributed by atoms with Gasteiger partial charge in [0.05, 0.1) is 12.2 Å². The van der Waals surface area contributed by atoms with Gasteiger partial charge in [0.25, 0.3) is 0 Å². The van der Waals surface area contributed by atoms with Gasteiger partial charge < -0.3 is 19.9 Å². The molecule has 2 N–H and O–H groups in total. The zero-order valence-corrected chi connectivity index (χ0v) is 13.1.